The second-order valence-electron chi connectivity index (χ2n) is 12.4. The highest BCUT2D eigenvalue weighted by molar-refractivity contribution is 7.13. The molecule has 4 N–H and O–H groups in total. The average molecular weight is 658 g/mol. The predicted molar refractivity (Wildman–Crippen MR) is 177 cm³/mol. The largest absolute Gasteiger partial charge is 0.507 e. The minimum Gasteiger partial charge on any atom is -0.507 e. The van der Waals surface area contributed by atoms with Crippen molar-refractivity contribution in [1.82, 2.24) is 20.9 Å². The third kappa shape index (κ3) is 11.1. The molecule has 252 valence electrons. The molecule has 0 aliphatic carbocycles. The van der Waals surface area contributed by atoms with Crippen molar-refractivity contribution < 1.29 is 29.0 Å². The summed E-state index contributed by atoms with van der Waals surface area (Å²) in [5.74, 6) is -1.28. The number of phenols is 1. The molecule has 1 fully saturated rings. The van der Waals surface area contributed by atoms with Crippen molar-refractivity contribution >= 4 is 28.9 Å². The van der Waals surface area contributed by atoms with Crippen LogP contribution in [0.5, 0.6) is 5.75 Å². The Labute approximate surface area is 274 Å². The number of nitrogens with zero attached hydrogens (tertiary/aromatic N) is 4. The van der Waals surface area contributed by atoms with Crippen molar-refractivity contribution in [2.24, 2.45) is 10.5 Å². The number of aromatic nitrogens is 1. The highest BCUT2D eigenvalue weighted by Crippen LogP contribution is 2.39. The molecule has 2 aromatic rings. The number of unbranched alkanes of at least 4 members (excludes halogenated alkanes) is 2. The van der Waals surface area contributed by atoms with E-state index in [2.05, 4.69) is 31.0 Å². The van der Waals surface area contributed by atoms with Crippen LogP contribution in [0, 0.1) is 12.3 Å². The Hall–Kier alpha value is -3.55. The molecule has 1 aromatic carbocycles. The number of ketones is 1. The summed E-state index contributed by atoms with van der Waals surface area (Å²) < 4.78 is 11.1. The molecule has 13 nitrogen and oxygen atoms in total. The summed E-state index contributed by atoms with van der Waals surface area (Å²) in [5, 5.41) is 23.9. The number of nitrogens with one attached hydrogen (secondary N) is 3. The second-order valence-corrected chi connectivity index (χ2v) is 13.2. The number of benzene rings is 1. The molecule has 2 heterocycles. The first-order valence-electron chi connectivity index (χ1n) is 15.8. The van der Waals surface area contributed by atoms with Crippen molar-refractivity contribution in [3.05, 3.63) is 44.9 Å². The van der Waals surface area contributed by atoms with E-state index >= 15 is 0 Å². The van der Waals surface area contributed by atoms with E-state index in [9.17, 15) is 19.5 Å². The van der Waals surface area contributed by atoms with Gasteiger partial charge in [-0.15, -0.1) is 11.3 Å². The Morgan fingerprint density at radius 3 is 2.61 bits per heavy atom. The summed E-state index contributed by atoms with van der Waals surface area (Å²) in [6.07, 6.45) is 4.91. The number of phenolic OH excluding ortho intramolecular Hbond substituents is 1. The van der Waals surface area contributed by atoms with Gasteiger partial charge in [0, 0.05) is 48.9 Å². The van der Waals surface area contributed by atoms with E-state index in [1.165, 1.54) is 11.3 Å². The number of aryl methyl sites for hydroxylation is 1. The van der Waals surface area contributed by atoms with E-state index < -0.39 is 23.1 Å². The molecule has 0 radical (unpaired) electrons. The molecule has 46 heavy (non-hydrogen) atoms. The predicted octanol–water partition coefficient (Wildman–Crippen LogP) is 4.81. The Morgan fingerprint density at radius 2 is 1.93 bits per heavy atom. The summed E-state index contributed by atoms with van der Waals surface area (Å²) in [6, 6.07) is 2.22. The van der Waals surface area contributed by atoms with Crippen LogP contribution in [0.25, 0.3) is 20.9 Å². The van der Waals surface area contributed by atoms with Gasteiger partial charge in [0.1, 0.15) is 12.4 Å². The quantitative estimate of drug-likeness (QED) is 0.0544. The van der Waals surface area contributed by atoms with Crippen molar-refractivity contribution in [2.75, 3.05) is 39.5 Å². The molecule has 1 saturated heterocycles. The molecular weight excluding hydrogens is 610 g/mol. The van der Waals surface area contributed by atoms with Crippen LogP contribution in [-0.2, 0) is 25.6 Å². The van der Waals surface area contributed by atoms with Crippen molar-refractivity contribution in [3.8, 4) is 16.2 Å². The number of carbonyl (C=O) groups excluding carboxylic acids is 3. The molecule has 3 rings (SSSR count). The van der Waals surface area contributed by atoms with Crippen molar-refractivity contribution in [1.29, 1.82) is 0 Å². The molecule has 1 aliphatic rings. The van der Waals surface area contributed by atoms with Crippen LogP contribution in [0.1, 0.15) is 80.9 Å². The number of rotatable bonds is 19. The lowest BCUT2D eigenvalue weighted by Gasteiger charge is -2.31. The summed E-state index contributed by atoms with van der Waals surface area (Å²) in [6.45, 7) is 9.88. The average Bonchev–Trinajstić information content (AvgIpc) is 3.71. The monoisotopic (exact) mass is 657 g/mol. The second kappa shape index (κ2) is 18.6. The third-order valence-corrected chi connectivity index (χ3v) is 8.64. The zero-order chi connectivity index (χ0) is 33.5. The number of Topliss-reactive ketones (excluding diaryl/α,β-unsaturated/α-hetero) is 1. The van der Waals surface area contributed by atoms with Crippen LogP contribution in [-0.4, -0.2) is 79.3 Å². The maximum Gasteiger partial charge on any atom is 0.246 e. The molecule has 1 aliphatic heterocycles. The maximum absolute atomic E-state index is 14.3. The molecule has 2 atom stereocenters. The molecule has 0 bridgehead atoms. The lowest BCUT2D eigenvalue weighted by molar-refractivity contribution is -0.127. The standard InChI is InChI=1S/C32H47N7O6S/c1-21-29(46-20-36-21)23-12-11-22(18-35-31(43)24-10-8-13-34-24)27(41)26(23)28(42)30(32(2,3)4)38-25(40)19-45-17-9-16-44-15-7-5-6-14-37-39-33/h11-12,20,24,30,34,41H,5-10,13-19H2,1-4H3,(H,35,43)(H,38,40)/t24?,30-/m1/s1. The van der Waals surface area contributed by atoms with Crippen LogP contribution >= 0.6 is 11.3 Å². The van der Waals surface area contributed by atoms with Crippen molar-refractivity contribution in [3.63, 3.8) is 0 Å². The molecule has 1 aromatic heterocycles. The fourth-order valence-electron chi connectivity index (χ4n) is 5.15. The number of hydrogen-bond acceptors (Lipinski definition) is 10. The van der Waals surface area contributed by atoms with E-state index in [0.29, 0.717) is 49.6 Å². The van der Waals surface area contributed by atoms with Gasteiger partial charge in [-0.25, -0.2) is 4.98 Å². The van der Waals surface area contributed by atoms with Gasteiger partial charge in [0.05, 0.1) is 33.7 Å². The Kier molecular flexibility index (Phi) is 14.9. The minimum absolute atomic E-state index is 0.0482. The fraction of sp³-hybridized carbons (Fsp3) is 0.625. The van der Waals surface area contributed by atoms with Gasteiger partial charge in [-0.05, 0) is 56.5 Å². The van der Waals surface area contributed by atoms with Crippen molar-refractivity contribution in [2.45, 2.75) is 84.8 Å². The van der Waals surface area contributed by atoms with E-state index in [4.69, 9.17) is 15.0 Å². The van der Waals surface area contributed by atoms with Gasteiger partial charge in [0.15, 0.2) is 5.78 Å². The SMILES string of the molecule is Cc1ncsc1-c1ccc(CNC(=O)C2CCCN2)c(O)c1C(=O)[C@@H](NC(=O)COCCCOCCCCCN=[N+]=[N-])C(C)(C)C. The summed E-state index contributed by atoms with van der Waals surface area (Å²) in [7, 11) is 0. The van der Waals surface area contributed by atoms with E-state index in [1.54, 1.807) is 17.6 Å². The molecule has 0 saturated carbocycles. The van der Waals surface area contributed by atoms with Gasteiger partial charge in [-0.3, -0.25) is 14.4 Å². The summed E-state index contributed by atoms with van der Waals surface area (Å²) in [5.41, 5.74) is 11.0. The zero-order valence-electron chi connectivity index (χ0n) is 27.3. The first-order valence-corrected chi connectivity index (χ1v) is 16.7. The third-order valence-electron chi connectivity index (χ3n) is 7.68. The molecule has 0 spiro atoms. The number of thiazole rings is 1. The minimum atomic E-state index is -0.976. The Balaban J connectivity index is 1.64. The molecular formula is C32H47N7O6S. The Morgan fingerprint density at radius 1 is 1.17 bits per heavy atom. The number of amides is 2. The van der Waals surface area contributed by atoms with Gasteiger partial charge in [-0.2, -0.15) is 0 Å². The van der Waals surface area contributed by atoms with Crippen LogP contribution < -0.4 is 16.0 Å². The molecule has 1 unspecified atom stereocenters. The fourth-order valence-corrected chi connectivity index (χ4v) is 5.99. The van der Waals surface area contributed by atoms with Gasteiger partial charge < -0.3 is 30.5 Å². The lowest BCUT2D eigenvalue weighted by atomic mass is 9.80. The van der Waals surface area contributed by atoms with Gasteiger partial charge in [0.25, 0.3) is 0 Å². The zero-order valence-corrected chi connectivity index (χ0v) is 28.1. The number of hydrogen-bond donors (Lipinski definition) is 4. The first-order chi connectivity index (χ1) is 22.0. The Bertz CT molecular complexity index is 1360. The summed E-state index contributed by atoms with van der Waals surface area (Å²) >= 11 is 1.36. The van der Waals surface area contributed by atoms with Crippen LogP contribution in [0.3, 0.4) is 0 Å². The van der Waals surface area contributed by atoms with E-state index in [1.807, 2.05) is 27.7 Å². The number of aromatic hydroxyl groups is 1. The van der Waals surface area contributed by atoms with Gasteiger partial charge >= 0.3 is 0 Å². The molecule has 2 amide bonds. The van der Waals surface area contributed by atoms with E-state index in [0.717, 1.165) is 43.5 Å². The van der Waals surface area contributed by atoms with Gasteiger partial charge in [0.2, 0.25) is 11.8 Å². The maximum atomic E-state index is 14.3. The van der Waals surface area contributed by atoms with Crippen LogP contribution in [0.2, 0.25) is 0 Å². The van der Waals surface area contributed by atoms with E-state index in [-0.39, 0.29) is 36.4 Å². The number of carbonyl (C=O) groups is 3. The van der Waals surface area contributed by atoms with Crippen LogP contribution in [0.4, 0.5) is 0 Å². The lowest BCUT2D eigenvalue weighted by Crippen LogP contribution is -2.50. The number of azide groups is 1. The first kappa shape index (κ1) is 36.9. The highest BCUT2D eigenvalue weighted by Gasteiger charge is 2.37. The van der Waals surface area contributed by atoms with Crippen LogP contribution in [0.15, 0.2) is 22.8 Å². The highest BCUT2D eigenvalue weighted by atomic mass is 32.1. The smallest absolute Gasteiger partial charge is 0.246 e. The number of ether oxygens (including phenoxy) is 2. The normalized spacial score (nSPS) is 15.3. The van der Waals surface area contributed by atoms with Gasteiger partial charge in [-0.1, -0.05) is 44.4 Å². The topological polar surface area (TPSA) is 188 Å². The summed E-state index contributed by atoms with van der Waals surface area (Å²) in [4.78, 5) is 47.7. The molecule has 14 heteroatoms.